The summed E-state index contributed by atoms with van der Waals surface area (Å²) in [4.78, 5) is 17.6. The SMILES string of the molecule is C=CCN1CN(CC=C)C(C=O)N(CC=C)C1. The third-order valence-electron chi connectivity index (χ3n) is 2.75. The Morgan fingerprint density at radius 1 is 0.941 bits per heavy atom. The number of hydrogen-bond donors (Lipinski definition) is 0. The molecule has 1 fully saturated rings. The van der Waals surface area contributed by atoms with Crippen LogP contribution in [0.4, 0.5) is 0 Å². The van der Waals surface area contributed by atoms with Crippen molar-refractivity contribution in [2.75, 3.05) is 33.0 Å². The zero-order valence-corrected chi connectivity index (χ0v) is 10.3. The van der Waals surface area contributed by atoms with Crippen LogP contribution in [0.15, 0.2) is 38.0 Å². The lowest BCUT2D eigenvalue weighted by Gasteiger charge is -2.45. The summed E-state index contributed by atoms with van der Waals surface area (Å²) < 4.78 is 0. The van der Waals surface area contributed by atoms with Gasteiger partial charge in [0.05, 0.1) is 13.3 Å². The zero-order valence-electron chi connectivity index (χ0n) is 10.3. The Hall–Kier alpha value is -1.23. The third kappa shape index (κ3) is 3.63. The van der Waals surface area contributed by atoms with E-state index in [9.17, 15) is 4.79 Å². The van der Waals surface area contributed by atoms with E-state index in [0.29, 0.717) is 13.1 Å². The fraction of sp³-hybridized carbons (Fsp3) is 0.462. The van der Waals surface area contributed by atoms with Crippen molar-refractivity contribution < 1.29 is 4.79 Å². The predicted molar refractivity (Wildman–Crippen MR) is 70.3 cm³/mol. The molecule has 4 heteroatoms. The van der Waals surface area contributed by atoms with Gasteiger partial charge in [0.2, 0.25) is 0 Å². The molecular formula is C13H21N3O. The summed E-state index contributed by atoms with van der Waals surface area (Å²) in [7, 11) is 0. The van der Waals surface area contributed by atoms with Crippen molar-refractivity contribution in [1.29, 1.82) is 0 Å². The van der Waals surface area contributed by atoms with Crippen molar-refractivity contribution in [3.8, 4) is 0 Å². The number of nitrogens with zero attached hydrogens (tertiary/aromatic N) is 3. The van der Waals surface area contributed by atoms with Crippen LogP contribution in [0.5, 0.6) is 0 Å². The van der Waals surface area contributed by atoms with E-state index < -0.39 is 0 Å². The molecule has 0 radical (unpaired) electrons. The second kappa shape index (κ2) is 7.17. The molecule has 0 saturated carbocycles. The number of rotatable bonds is 7. The van der Waals surface area contributed by atoms with Gasteiger partial charge >= 0.3 is 0 Å². The van der Waals surface area contributed by atoms with E-state index >= 15 is 0 Å². The van der Waals surface area contributed by atoms with Gasteiger partial charge in [0.25, 0.3) is 0 Å². The Labute approximate surface area is 103 Å². The van der Waals surface area contributed by atoms with Crippen LogP contribution in [0, 0.1) is 0 Å². The van der Waals surface area contributed by atoms with Gasteiger partial charge in [-0.15, -0.1) is 19.7 Å². The molecule has 0 spiro atoms. The van der Waals surface area contributed by atoms with E-state index in [1.807, 2.05) is 18.2 Å². The molecule has 4 nitrogen and oxygen atoms in total. The van der Waals surface area contributed by atoms with Crippen LogP contribution in [0.25, 0.3) is 0 Å². The third-order valence-corrected chi connectivity index (χ3v) is 2.75. The van der Waals surface area contributed by atoms with E-state index in [2.05, 4.69) is 34.4 Å². The smallest absolute Gasteiger partial charge is 0.152 e. The first kappa shape index (κ1) is 13.8. The fourth-order valence-corrected chi connectivity index (χ4v) is 2.09. The summed E-state index contributed by atoms with van der Waals surface area (Å²) in [5.41, 5.74) is 0. The van der Waals surface area contributed by atoms with Crippen LogP contribution in [0.1, 0.15) is 0 Å². The molecule has 0 unspecified atom stereocenters. The first-order valence-electron chi connectivity index (χ1n) is 5.75. The maximum atomic E-state index is 11.2. The second-order valence-corrected chi connectivity index (χ2v) is 4.09. The van der Waals surface area contributed by atoms with Crippen LogP contribution in [-0.4, -0.2) is 60.1 Å². The maximum absolute atomic E-state index is 11.2. The van der Waals surface area contributed by atoms with Gasteiger partial charge in [0.1, 0.15) is 6.17 Å². The Morgan fingerprint density at radius 2 is 1.41 bits per heavy atom. The normalized spacial score (nSPS) is 20.0. The highest BCUT2D eigenvalue weighted by atomic mass is 16.1. The van der Waals surface area contributed by atoms with E-state index in [1.54, 1.807) is 0 Å². The van der Waals surface area contributed by atoms with Gasteiger partial charge in [-0.25, -0.2) is 0 Å². The summed E-state index contributed by atoms with van der Waals surface area (Å²) in [6, 6.07) is 0. The van der Waals surface area contributed by atoms with Crippen LogP contribution in [0.3, 0.4) is 0 Å². The fourth-order valence-electron chi connectivity index (χ4n) is 2.09. The highest BCUT2D eigenvalue weighted by Gasteiger charge is 2.30. The van der Waals surface area contributed by atoms with Gasteiger partial charge in [0.15, 0.2) is 6.29 Å². The molecule has 0 bridgehead atoms. The van der Waals surface area contributed by atoms with Crippen LogP contribution >= 0.6 is 0 Å². The Kier molecular flexibility index (Phi) is 5.83. The first-order valence-corrected chi connectivity index (χ1v) is 5.75. The number of hydrogen-bond acceptors (Lipinski definition) is 4. The number of aldehydes is 1. The van der Waals surface area contributed by atoms with Crippen LogP contribution < -0.4 is 0 Å². The zero-order chi connectivity index (χ0) is 12.7. The molecule has 0 amide bonds. The second-order valence-electron chi connectivity index (χ2n) is 4.09. The standard InChI is InChI=1S/C13H21N3O/c1-4-7-14-11-15(8-5-2)13(10-17)16(12-14)9-6-3/h4-6,10,13H,1-3,7-9,11-12H2. The number of carbonyl (C=O) groups excluding carboxylic acids is 1. The highest BCUT2D eigenvalue weighted by Crippen LogP contribution is 2.13. The molecule has 1 aliphatic rings. The molecule has 94 valence electrons. The summed E-state index contributed by atoms with van der Waals surface area (Å²) in [6.45, 7) is 14.9. The highest BCUT2D eigenvalue weighted by molar-refractivity contribution is 5.57. The Morgan fingerprint density at radius 3 is 1.76 bits per heavy atom. The van der Waals surface area contributed by atoms with Gasteiger partial charge < -0.3 is 4.79 Å². The Balaban J connectivity index is 2.77. The molecular weight excluding hydrogens is 214 g/mol. The molecule has 0 aliphatic carbocycles. The average molecular weight is 235 g/mol. The molecule has 1 saturated heterocycles. The van der Waals surface area contributed by atoms with Crippen molar-refractivity contribution in [1.82, 2.24) is 14.7 Å². The van der Waals surface area contributed by atoms with Crippen LogP contribution in [0.2, 0.25) is 0 Å². The van der Waals surface area contributed by atoms with E-state index in [0.717, 1.165) is 26.2 Å². The van der Waals surface area contributed by atoms with E-state index in [1.165, 1.54) is 0 Å². The lowest BCUT2D eigenvalue weighted by atomic mass is 10.3. The largest absolute Gasteiger partial charge is 0.300 e. The summed E-state index contributed by atoms with van der Waals surface area (Å²) >= 11 is 0. The molecule has 0 aromatic heterocycles. The van der Waals surface area contributed by atoms with Gasteiger partial charge in [-0.05, 0) is 0 Å². The van der Waals surface area contributed by atoms with Crippen molar-refractivity contribution in [3.63, 3.8) is 0 Å². The van der Waals surface area contributed by atoms with Gasteiger partial charge in [-0.1, -0.05) is 18.2 Å². The van der Waals surface area contributed by atoms with Gasteiger partial charge in [-0.2, -0.15) is 0 Å². The lowest BCUT2D eigenvalue weighted by molar-refractivity contribution is -0.129. The average Bonchev–Trinajstić information content (AvgIpc) is 2.30. The summed E-state index contributed by atoms with van der Waals surface area (Å²) in [5.74, 6) is 0. The minimum atomic E-state index is -0.188. The minimum Gasteiger partial charge on any atom is -0.300 e. The quantitative estimate of drug-likeness (QED) is 0.484. The summed E-state index contributed by atoms with van der Waals surface area (Å²) in [5, 5.41) is 0. The van der Waals surface area contributed by atoms with Gasteiger partial charge in [-0.3, -0.25) is 14.7 Å². The molecule has 1 heterocycles. The Bertz CT molecular complexity index is 270. The molecule has 1 rings (SSSR count). The number of carbonyl (C=O) groups is 1. The monoisotopic (exact) mass is 235 g/mol. The lowest BCUT2D eigenvalue weighted by Crippen LogP contribution is -2.61. The van der Waals surface area contributed by atoms with Crippen molar-refractivity contribution in [2.24, 2.45) is 0 Å². The molecule has 0 N–H and O–H groups in total. The topological polar surface area (TPSA) is 26.8 Å². The summed E-state index contributed by atoms with van der Waals surface area (Å²) in [6.07, 6.45) is 6.31. The molecule has 0 aromatic carbocycles. The van der Waals surface area contributed by atoms with Crippen molar-refractivity contribution >= 4 is 6.29 Å². The minimum absolute atomic E-state index is 0.188. The van der Waals surface area contributed by atoms with Crippen molar-refractivity contribution in [3.05, 3.63) is 38.0 Å². The first-order chi connectivity index (χ1) is 8.26. The molecule has 1 aliphatic heterocycles. The molecule has 0 aromatic rings. The van der Waals surface area contributed by atoms with Crippen molar-refractivity contribution in [2.45, 2.75) is 6.17 Å². The van der Waals surface area contributed by atoms with Gasteiger partial charge in [0, 0.05) is 19.6 Å². The molecule has 0 atom stereocenters. The molecule has 17 heavy (non-hydrogen) atoms. The van der Waals surface area contributed by atoms with Crippen LogP contribution in [-0.2, 0) is 4.79 Å². The maximum Gasteiger partial charge on any atom is 0.152 e. The van der Waals surface area contributed by atoms with E-state index in [-0.39, 0.29) is 6.17 Å². The van der Waals surface area contributed by atoms with E-state index in [4.69, 9.17) is 0 Å². The predicted octanol–water partition coefficient (Wildman–Crippen LogP) is 0.904.